The molecule has 0 aliphatic heterocycles. The fraction of sp³-hybridized carbons (Fsp3) is 0.167. The minimum atomic E-state index is -3.78. The van der Waals surface area contributed by atoms with Crippen molar-refractivity contribution in [3.8, 4) is 5.75 Å². The fourth-order valence-electron chi connectivity index (χ4n) is 3.97. The minimum absolute atomic E-state index is 0.119. The van der Waals surface area contributed by atoms with Crippen LogP contribution in [0.15, 0.2) is 102 Å². The van der Waals surface area contributed by atoms with Crippen LogP contribution >= 0.6 is 0 Å². The van der Waals surface area contributed by atoms with Crippen LogP contribution in [-0.2, 0) is 14.8 Å². The molecule has 0 fully saturated rings. The lowest BCUT2D eigenvalue weighted by molar-refractivity contribution is -0.123. The lowest BCUT2D eigenvalue weighted by Gasteiger charge is -2.20. The van der Waals surface area contributed by atoms with Crippen molar-refractivity contribution in [1.29, 1.82) is 0 Å². The lowest BCUT2D eigenvalue weighted by Crippen LogP contribution is -2.33. The molecule has 4 rings (SSSR count). The Labute approximate surface area is 218 Å². The predicted octanol–water partition coefficient (Wildman–Crippen LogP) is 5.70. The number of amides is 1. The van der Waals surface area contributed by atoms with Crippen LogP contribution in [0, 0.1) is 20.8 Å². The van der Waals surface area contributed by atoms with Crippen LogP contribution in [0.5, 0.6) is 5.75 Å². The molecule has 6 nitrogen and oxygen atoms in total. The summed E-state index contributed by atoms with van der Waals surface area (Å²) in [6.07, 6.45) is 0. The van der Waals surface area contributed by atoms with Gasteiger partial charge in [0.15, 0.2) is 6.61 Å². The van der Waals surface area contributed by atoms with E-state index in [1.807, 2.05) is 80.6 Å². The van der Waals surface area contributed by atoms with E-state index in [0.29, 0.717) is 17.0 Å². The number of benzene rings is 4. The lowest BCUT2D eigenvalue weighted by atomic mass is 9.99. The molecule has 4 aromatic carbocycles. The van der Waals surface area contributed by atoms with Gasteiger partial charge in [-0.2, -0.15) is 0 Å². The Morgan fingerprint density at radius 3 is 1.95 bits per heavy atom. The number of aryl methyl sites for hydroxylation is 3. The average Bonchev–Trinajstić information content (AvgIpc) is 2.89. The van der Waals surface area contributed by atoms with Crippen LogP contribution in [-0.4, -0.2) is 20.9 Å². The van der Waals surface area contributed by atoms with Crippen molar-refractivity contribution in [2.24, 2.45) is 0 Å². The van der Waals surface area contributed by atoms with E-state index >= 15 is 0 Å². The Morgan fingerprint density at radius 2 is 1.38 bits per heavy atom. The molecule has 4 aromatic rings. The second-order valence-corrected chi connectivity index (χ2v) is 10.6. The van der Waals surface area contributed by atoms with Crippen molar-refractivity contribution < 1.29 is 17.9 Å². The summed E-state index contributed by atoms with van der Waals surface area (Å²) in [6.45, 7) is 5.45. The highest BCUT2D eigenvalue weighted by Gasteiger charge is 2.19. The van der Waals surface area contributed by atoms with Gasteiger partial charge in [-0.15, -0.1) is 0 Å². The van der Waals surface area contributed by atoms with E-state index in [1.165, 1.54) is 12.1 Å². The number of hydrogen-bond donors (Lipinski definition) is 2. The first-order valence-corrected chi connectivity index (χ1v) is 13.4. The molecule has 0 aromatic heterocycles. The predicted molar refractivity (Wildman–Crippen MR) is 146 cm³/mol. The number of hydrogen-bond acceptors (Lipinski definition) is 4. The Morgan fingerprint density at radius 1 is 0.757 bits per heavy atom. The monoisotopic (exact) mass is 514 g/mol. The summed E-state index contributed by atoms with van der Waals surface area (Å²) in [5.74, 6) is 0.154. The van der Waals surface area contributed by atoms with Gasteiger partial charge in [0.1, 0.15) is 5.75 Å². The zero-order chi connectivity index (χ0) is 26.4. The first kappa shape index (κ1) is 26.0. The second-order valence-electron chi connectivity index (χ2n) is 8.94. The van der Waals surface area contributed by atoms with Gasteiger partial charge in [0.05, 0.1) is 10.9 Å². The summed E-state index contributed by atoms with van der Waals surface area (Å²) in [7, 11) is -3.78. The van der Waals surface area contributed by atoms with Crippen molar-refractivity contribution in [2.75, 3.05) is 11.3 Å². The maximum absolute atomic E-state index is 12.9. The Hall–Kier alpha value is -4.10. The standard InChI is InChI=1S/C30H30N2O4S/c1-21-14-15-26(18-22(21)2)32-37(34,35)27-16-17-28(23(3)19-27)36-20-29(33)31-30(24-10-6-4-7-11-24)25-12-8-5-9-13-25/h4-19,30,32H,20H2,1-3H3,(H,31,33). The molecule has 0 saturated carbocycles. The molecule has 0 saturated heterocycles. The number of rotatable bonds is 9. The van der Waals surface area contributed by atoms with Crippen molar-refractivity contribution in [3.05, 3.63) is 125 Å². The zero-order valence-electron chi connectivity index (χ0n) is 21.1. The summed E-state index contributed by atoms with van der Waals surface area (Å²) in [6, 6.07) is 29.1. The smallest absolute Gasteiger partial charge is 0.261 e. The second kappa shape index (κ2) is 11.3. The SMILES string of the molecule is Cc1ccc(NS(=O)(=O)c2ccc(OCC(=O)NC(c3ccccc3)c3ccccc3)c(C)c2)cc1C. The number of anilines is 1. The van der Waals surface area contributed by atoms with E-state index in [-0.39, 0.29) is 23.5 Å². The molecule has 0 aliphatic rings. The third-order valence-electron chi connectivity index (χ3n) is 6.15. The summed E-state index contributed by atoms with van der Waals surface area (Å²) >= 11 is 0. The van der Waals surface area contributed by atoms with Gasteiger partial charge in [0.25, 0.3) is 15.9 Å². The molecule has 37 heavy (non-hydrogen) atoms. The van der Waals surface area contributed by atoms with Crippen LogP contribution < -0.4 is 14.8 Å². The molecule has 0 aliphatic carbocycles. The van der Waals surface area contributed by atoms with Crippen molar-refractivity contribution in [2.45, 2.75) is 31.7 Å². The van der Waals surface area contributed by atoms with Crippen molar-refractivity contribution in [3.63, 3.8) is 0 Å². The van der Waals surface area contributed by atoms with E-state index in [1.54, 1.807) is 25.1 Å². The van der Waals surface area contributed by atoms with Gasteiger partial charge >= 0.3 is 0 Å². The molecule has 0 atom stereocenters. The van der Waals surface area contributed by atoms with Gasteiger partial charge in [0.2, 0.25) is 0 Å². The first-order chi connectivity index (χ1) is 17.7. The molecule has 0 spiro atoms. The van der Waals surface area contributed by atoms with E-state index < -0.39 is 10.0 Å². The van der Waals surface area contributed by atoms with Gasteiger partial charge in [-0.05, 0) is 78.9 Å². The Kier molecular flexibility index (Phi) is 7.94. The fourth-order valence-corrected chi connectivity index (χ4v) is 5.10. The van der Waals surface area contributed by atoms with E-state index in [9.17, 15) is 13.2 Å². The molecule has 1 amide bonds. The number of ether oxygens (including phenoxy) is 1. The average molecular weight is 515 g/mol. The molecule has 0 radical (unpaired) electrons. The normalized spacial score (nSPS) is 11.2. The third kappa shape index (κ3) is 6.57. The summed E-state index contributed by atoms with van der Waals surface area (Å²) in [5.41, 5.74) is 5.12. The number of nitrogens with one attached hydrogen (secondary N) is 2. The van der Waals surface area contributed by atoms with Crippen LogP contribution in [0.1, 0.15) is 33.9 Å². The largest absolute Gasteiger partial charge is 0.484 e. The van der Waals surface area contributed by atoms with E-state index in [0.717, 1.165) is 22.3 Å². The molecular weight excluding hydrogens is 484 g/mol. The molecule has 190 valence electrons. The number of carbonyl (C=O) groups excluding carboxylic acids is 1. The molecule has 7 heteroatoms. The zero-order valence-corrected chi connectivity index (χ0v) is 21.9. The highest BCUT2D eigenvalue weighted by Crippen LogP contribution is 2.25. The van der Waals surface area contributed by atoms with Crippen molar-refractivity contribution in [1.82, 2.24) is 5.32 Å². The Bertz CT molecular complexity index is 1450. The van der Waals surface area contributed by atoms with Crippen LogP contribution in [0.2, 0.25) is 0 Å². The van der Waals surface area contributed by atoms with Gasteiger partial charge in [-0.25, -0.2) is 8.42 Å². The summed E-state index contributed by atoms with van der Waals surface area (Å²) in [5, 5.41) is 3.04. The molecule has 0 heterocycles. The quantitative estimate of drug-likeness (QED) is 0.300. The highest BCUT2D eigenvalue weighted by atomic mass is 32.2. The van der Waals surface area contributed by atoms with Gasteiger partial charge in [-0.1, -0.05) is 66.7 Å². The van der Waals surface area contributed by atoms with Crippen LogP contribution in [0.25, 0.3) is 0 Å². The van der Waals surface area contributed by atoms with Crippen LogP contribution in [0.4, 0.5) is 5.69 Å². The Balaban J connectivity index is 1.43. The first-order valence-electron chi connectivity index (χ1n) is 12.0. The topological polar surface area (TPSA) is 84.5 Å². The summed E-state index contributed by atoms with van der Waals surface area (Å²) in [4.78, 5) is 12.9. The molecule has 0 bridgehead atoms. The number of carbonyl (C=O) groups is 1. The van der Waals surface area contributed by atoms with E-state index in [2.05, 4.69) is 10.0 Å². The molecule has 0 unspecified atom stereocenters. The van der Waals surface area contributed by atoms with Gasteiger partial charge < -0.3 is 10.1 Å². The maximum atomic E-state index is 12.9. The van der Waals surface area contributed by atoms with E-state index in [4.69, 9.17) is 4.74 Å². The molecular formula is C30H30N2O4S. The van der Waals surface area contributed by atoms with Gasteiger partial charge in [0, 0.05) is 5.69 Å². The van der Waals surface area contributed by atoms with Crippen LogP contribution in [0.3, 0.4) is 0 Å². The molecule has 2 N–H and O–H groups in total. The third-order valence-corrected chi connectivity index (χ3v) is 7.52. The van der Waals surface area contributed by atoms with Crippen molar-refractivity contribution >= 4 is 21.6 Å². The highest BCUT2D eigenvalue weighted by molar-refractivity contribution is 7.92. The van der Waals surface area contributed by atoms with Gasteiger partial charge in [-0.3, -0.25) is 9.52 Å². The summed E-state index contributed by atoms with van der Waals surface area (Å²) < 4.78 is 34.2. The minimum Gasteiger partial charge on any atom is -0.484 e. The number of sulfonamides is 1. The maximum Gasteiger partial charge on any atom is 0.261 e.